The average Bonchev–Trinajstić information content (AvgIpc) is 2.03. The number of carbonyl (C=O) groups excluding carboxylic acids is 1. The first-order valence-corrected chi connectivity index (χ1v) is 3.50. The molecule has 0 aliphatic carbocycles. The quantitative estimate of drug-likeness (QED) is 0.489. The van der Waals surface area contributed by atoms with Crippen LogP contribution in [0.3, 0.4) is 0 Å². The van der Waals surface area contributed by atoms with Crippen LogP contribution >= 0.6 is 11.6 Å². The first-order valence-electron chi connectivity index (χ1n) is 3.63. The van der Waals surface area contributed by atoms with Gasteiger partial charge in [-0.2, -0.15) is 0 Å². The van der Waals surface area contributed by atoms with Crippen LogP contribution in [-0.2, 0) is 4.79 Å². The minimum absolute atomic E-state index is 0.657. The maximum atomic E-state index is 10.2. The number of aldehydes is 1. The van der Waals surface area contributed by atoms with Crippen molar-refractivity contribution >= 4 is 23.9 Å². The molecule has 0 saturated carbocycles. The molecule has 0 atom stereocenters. The summed E-state index contributed by atoms with van der Waals surface area (Å²) in [5.41, 5.74) is 0.861. The highest BCUT2D eigenvalue weighted by Crippen LogP contribution is 2.09. The maximum absolute atomic E-state index is 10.2. The van der Waals surface area contributed by atoms with Gasteiger partial charge < -0.3 is 0 Å². The normalized spacial score (nSPS) is 11.5. The van der Waals surface area contributed by atoms with E-state index in [-0.39, 0.29) is 0 Å². The molecule has 0 aromatic heterocycles. The smallest absolute Gasteiger partial charge is 0.142 e. The monoisotopic (exact) mass is 167 g/mol. The molecule has 2 heteroatoms. The minimum atomic E-state index is -0.704. The highest BCUT2D eigenvalue weighted by atomic mass is 35.5. The summed E-state index contributed by atoms with van der Waals surface area (Å²) in [7, 11) is 0. The van der Waals surface area contributed by atoms with E-state index in [9.17, 15) is 4.79 Å². The maximum Gasteiger partial charge on any atom is 0.142 e. The van der Waals surface area contributed by atoms with Crippen molar-refractivity contribution in [1.29, 1.82) is 0 Å². The van der Waals surface area contributed by atoms with Gasteiger partial charge in [-0.1, -0.05) is 29.8 Å². The Labute approximate surface area is 71.7 Å². The lowest BCUT2D eigenvalue weighted by atomic mass is 10.2. The molecule has 0 radical (unpaired) electrons. The van der Waals surface area contributed by atoms with Gasteiger partial charge in [-0.3, -0.25) is 4.79 Å². The van der Waals surface area contributed by atoms with Gasteiger partial charge >= 0.3 is 0 Å². The lowest BCUT2D eigenvalue weighted by Crippen LogP contribution is -1.70. The first kappa shape index (κ1) is 6.62. The zero-order valence-electron chi connectivity index (χ0n) is 6.75. The van der Waals surface area contributed by atoms with Gasteiger partial charge in [0, 0.05) is 5.02 Å². The van der Waals surface area contributed by atoms with Gasteiger partial charge in [-0.25, -0.2) is 0 Å². The van der Waals surface area contributed by atoms with Crippen molar-refractivity contribution < 1.29 is 6.17 Å². The van der Waals surface area contributed by atoms with E-state index in [1.807, 2.05) is 0 Å². The fraction of sp³-hybridized carbons (Fsp3) is 0. The van der Waals surface area contributed by atoms with Crippen LogP contribution in [0, 0.1) is 0 Å². The second-order valence-electron chi connectivity index (χ2n) is 2.00. The van der Waals surface area contributed by atoms with Crippen molar-refractivity contribution in [2.75, 3.05) is 0 Å². The van der Waals surface area contributed by atoms with Crippen LogP contribution in [0.5, 0.6) is 0 Å². The fourth-order valence-corrected chi connectivity index (χ4v) is 0.830. The lowest BCUT2D eigenvalue weighted by molar-refractivity contribution is -0.104. The van der Waals surface area contributed by atoms with E-state index in [1.54, 1.807) is 30.3 Å². The minimum Gasteiger partial charge on any atom is -0.299 e. The molecule has 0 fully saturated rings. The number of rotatable bonds is 2. The molecule has 0 saturated heterocycles. The Bertz CT molecular complexity index is 303. The Kier molecular flexibility index (Phi) is 2.37. The van der Waals surface area contributed by atoms with Crippen molar-refractivity contribution in [2.45, 2.75) is 0 Å². The standard InChI is InChI=1S/C9H7ClO/c10-9-5-3-8(4-6-9)2-1-7-11/h1-7H/b2-1+/i7D. The molecule has 0 unspecified atom stereocenters. The van der Waals surface area contributed by atoms with Gasteiger partial charge in [0.25, 0.3) is 0 Å². The predicted octanol–water partition coefficient (Wildman–Crippen LogP) is 2.55. The molecule has 56 valence electrons. The molecule has 1 rings (SSSR count). The van der Waals surface area contributed by atoms with Gasteiger partial charge in [-0.15, -0.1) is 0 Å². The average molecular weight is 168 g/mol. The van der Waals surface area contributed by atoms with E-state index < -0.39 is 6.26 Å². The van der Waals surface area contributed by atoms with Crippen LogP contribution < -0.4 is 0 Å². The molecule has 11 heavy (non-hydrogen) atoms. The third kappa shape index (κ3) is 2.56. The first-order chi connectivity index (χ1) is 5.68. The molecular weight excluding hydrogens is 160 g/mol. The number of allylic oxidation sites excluding steroid dienone is 1. The lowest BCUT2D eigenvalue weighted by Gasteiger charge is -1.90. The Balaban J connectivity index is 2.77. The van der Waals surface area contributed by atoms with Crippen molar-refractivity contribution in [3.05, 3.63) is 40.9 Å². The molecule has 1 aromatic carbocycles. The third-order valence-electron chi connectivity index (χ3n) is 1.21. The molecular formula is C9H7ClO. The molecule has 0 amide bonds. The number of carbonyl (C=O) groups is 1. The zero-order valence-corrected chi connectivity index (χ0v) is 6.51. The molecule has 0 aliphatic rings. The van der Waals surface area contributed by atoms with Gasteiger partial charge in [0.15, 0.2) is 0 Å². The molecule has 0 aliphatic heterocycles. The topological polar surface area (TPSA) is 17.1 Å². The van der Waals surface area contributed by atoms with Crippen LogP contribution in [0.1, 0.15) is 6.93 Å². The van der Waals surface area contributed by atoms with Gasteiger partial charge in [0.1, 0.15) is 7.63 Å². The summed E-state index contributed by atoms with van der Waals surface area (Å²) in [5.74, 6) is 0. The van der Waals surface area contributed by atoms with Crippen LogP contribution in [0.15, 0.2) is 30.3 Å². The van der Waals surface area contributed by atoms with Crippen molar-refractivity contribution in [3.8, 4) is 0 Å². The largest absolute Gasteiger partial charge is 0.299 e. The Morgan fingerprint density at radius 1 is 1.36 bits per heavy atom. The van der Waals surface area contributed by atoms with Gasteiger partial charge in [0.2, 0.25) is 0 Å². The van der Waals surface area contributed by atoms with E-state index >= 15 is 0 Å². The Hall–Kier alpha value is -1.08. The number of hydrogen-bond donors (Lipinski definition) is 0. The second kappa shape index (κ2) is 3.94. The molecule has 0 spiro atoms. The Morgan fingerprint density at radius 2 is 2.00 bits per heavy atom. The highest BCUT2D eigenvalue weighted by molar-refractivity contribution is 6.30. The molecule has 0 bridgehead atoms. The third-order valence-corrected chi connectivity index (χ3v) is 1.47. The summed E-state index contributed by atoms with van der Waals surface area (Å²) in [4.78, 5) is 10.2. The molecule has 0 N–H and O–H groups in total. The summed E-state index contributed by atoms with van der Waals surface area (Å²) in [6.07, 6.45) is 2.07. The van der Waals surface area contributed by atoms with Crippen molar-refractivity contribution in [3.63, 3.8) is 0 Å². The number of hydrogen-bond acceptors (Lipinski definition) is 1. The summed E-state index contributed by atoms with van der Waals surface area (Å²) < 4.78 is 6.62. The second-order valence-corrected chi connectivity index (χ2v) is 2.44. The predicted molar refractivity (Wildman–Crippen MR) is 46.6 cm³/mol. The van der Waals surface area contributed by atoms with E-state index in [0.29, 0.717) is 5.02 Å². The van der Waals surface area contributed by atoms with Crippen LogP contribution in [0.2, 0.25) is 5.02 Å². The summed E-state index contributed by atoms with van der Waals surface area (Å²) >= 11 is 5.65. The van der Waals surface area contributed by atoms with Gasteiger partial charge in [0.05, 0.1) is 0 Å². The summed E-state index contributed by atoms with van der Waals surface area (Å²) in [6, 6.07) is 7.02. The number of halogens is 1. The van der Waals surface area contributed by atoms with E-state index in [0.717, 1.165) is 5.56 Å². The van der Waals surface area contributed by atoms with E-state index in [2.05, 4.69) is 0 Å². The van der Waals surface area contributed by atoms with Crippen molar-refractivity contribution in [1.82, 2.24) is 0 Å². The molecule has 0 heterocycles. The van der Waals surface area contributed by atoms with Crippen molar-refractivity contribution in [2.24, 2.45) is 0 Å². The Morgan fingerprint density at radius 3 is 2.55 bits per heavy atom. The van der Waals surface area contributed by atoms with E-state index in [4.69, 9.17) is 13.0 Å². The van der Waals surface area contributed by atoms with E-state index in [1.165, 1.54) is 6.08 Å². The molecule has 1 aromatic rings. The van der Waals surface area contributed by atoms with Crippen LogP contribution in [0.25, 0.3) is 6.08 Å². The zero-order chi connectivity index (χ0) is 8.97. The SMILES string of the molecule is [2H]C(=O)/C=C/c1ccc(Cl)cc1. The van der Waals surface area contributed by atoms with Crippen LogP contribution in [0.4, 0.5) is 0 Å². The summed E-state index contributed by atoms with van der Waals surface area (Å²) in [5, 5.41) is 0.657. The number of benzene rings is 1. The highest BCUT2D eigenvalue weighted by Gasteiger charge is 1.85. The summed E-state index contributed by atoms with van der Waals surface area (Å²) in [6.45, 7) is 0. The fourth-order valence-electron chi connectivity index (χ4n) is 0.704. The van der Waals surface area contributed by atoms with Crippen LogP contribution in [-0.4, -0.2) is 6.26 Å². The van der Waals surface area contributed by atoms with Gasteiger partial charge in [-0.05, 0) is 23.8 Å². The molecule has 1 nitrogen and oxygen atoms in total.